The number of nitrogens with zero attached hydrogens (tertiary/aromatic N) is 2. The molecular formula is C11H12F2N2O5. The summed E-state index contributed by atoms with van der Waals surface area (Å²) >= 11 is 0. The van der Waals surface area contributed by atoms with Gasteiger partial charge in [0.05, 0.1) is 23.6 Å². The van der Waals surface area contributed by atoms with E-state index in [4.69, 9.17) is 10.2 Å². The minimum atomic E-state index is -2.75. The third-order valence-corrected chi connectivity index (χ3v) is 2.49. The summed E-state index contributed by atoms with van der Waals surface area (Å²) in [5.74, 6) is -1.36. The first-order valence-electron chi connectivity index (χ1n) is 5.52. The van der Waals surface area contributed by atoms with Crippen LogP contribution >= 0.6 is 0 Å². The Labute approximate surface area is 112 Å². The van der Waals surface area contributed by atoms with Gasteiger partial charge in [0.15, 0.2) is 0 Å². The fourth-order valence-corrected chi connectivity index (χ4v) is 1.67. The average molecular weight is 290 g/mol. The number of carbonyl (C=O) groups is 1. The van der Waals surface area contributed by atoms with E-state index in [0.29, 0.717) is 0 Å². The van der Waals surface area contributed by atoms with Gasteiger partial charge in [0.2, 0.25) is 0 Å². The number of benzene rings is 1. The standard InChI is InChI=1S/C11H12F2N2O5/c12-10(13)6-14(3-4-16)8-2-1-7(11(17)18)5-9(8)15(19)20/h1-2,5,10,16H,3-4,6H2,(H,17,18). The van der Waals surface area contributed by atoms with Gasteiger partial charge in [0.25, 0.3) is 12.1 Å². The van der Waals surface area contributed by atoms with Crippen molar-refractivity contribution in [3.63, 3.8) is 0 Å². The fraction of sp³-hybridized carbons (Fsp3) is 0.364. The van der Waals surface area contributed by atoms with E-state index in [-0.39, 0.29) is 17.8 Å². The topological polar surface area (TPSA) is 104 Å². The highest BCUT2D eigenvalue weighted by Crippen LogP contribution is 2.29. The van der Waals surface area contributed by atoms with Crippen molar-refractivity contribution in [3.8, 4) is 0 Å². The number of hydrogen-bond acceptors (Lipinski definition) is 5. The normalized spacial score (nSPS) is 10.6. The molecular weight excluding hydrogens is 278 g/mol. The van der Waals surface area contributed by atoms with Crippen LogP contribution in [0.3, 0.4) is 0 Å². The Hall–Kier alpha value is -2.29. The summed E-state index contributed by atoms with van der Waals surface area (Å²) in [4.78, 5) is 21.8. The summed E-state index contributed by atoms with van der Waals surface area (Å²) in [6.07, 6.45) is -2.75. The number of aliphatic hydroxyl groups excluding tert-OH is 1. The Morgan fingerprint density at radius 3 is 2.55 bits per heavy atom. The maximum atomic E-state index is 12.4. The number of aromatic carboxylic acids is 1. The molecule has 0 aliphatic carbocycles. The number of carboxylic acids is 1. The van der Waals surface area contributed by atoms with Crippen LogP contribution < -0.4 is 4.90 Å². The van der Waals surface area contributed by atoms with Gasteiger partial charge in [-0.2, -0.15) is 0 Å². The first-order chi connectivity index (χ1) is 9.36. The molecule has 110 valence electrons. The van der Waals surface area contributed by atoms with Crippen molar-refractivity contribution in [2.75, 3.05) is 24.6 Å². The molecule has 0 aliphatic heterocycles. The predicted molar refractivity (Wildman–Crippen MR) is 65.4 cm³/mol. The molecule has 2 N–H and O–H groups in total. The third-order valence-electron chi connectivity index (χ3n) is 2.49. The van der Waals surface area contributed by atoms with E-state index in [9.17, 15) is 23.7 Å². The molecule has 0 spiro atoms. The molecule has 1 aromatic carbocycles. The fourth-order valence-electron chi connectivity index (χ4n) is 1.67. The lowest BCUT2D eigenvalue weighted by molar-refractivity contribution is -0.384. The number of nitro benzene ring substituents is 1. The van der Waals surface area contributed by atoms with Crippen molar-refractivity contribution in [2.45, 2.75) is 6.43 Å². The molecule has 0 heterocycles. The molecule has 0 aliphatic rings. The van der Waals surface area contributed by atoms with Crippen LogP contribution in [-0.4, -0.2) is 47.2 Å². The van der Waals surface area contributed by atoms with Gasteiger partial charge in [-0.05, 0) is 12.1 Å². The van der Waals surface area contributed by atoms with E-state index in [0.717, 1.165) is 23.1 Å². The van der Waals surface area contributed by atoms with Crippen LogP contribution in [0, 0.1) is 10.1 Å². The predicted octanol–water partition coefficient (Wildman–Crippen LogP) is 1.36. The second-order valence-corrected chi connectivity index (χ2v) is 3.83. The van der Waals surface area contributed by atoms with Crippen molar-refractivity contribution in [2.24, 2.45) is 0 Å². The van der Waals surface area contributed by atoms with Crippen LogP contribution in [0.25, 0.3) is 0 Å². The summed E-state index contributed by atoms with van der Waals surface area (Å²) in [6.45, 7) is -1.49. The highest BCUT2D eigenvalue weighted by atomic mass is 19.3. The van der Waals surface area contributed by atoms with Gasteiger partial charge in [0, 0.05) is 12.6 Å². The molecule has 0 unspecified atom stereocenters. The van der Waals surface area contributed by atoms with Gasteiger partial charge in [-0.1, -0.05) is 0 Å². The molecule has 1 aromatic rings. The third kappa shape index (κ3) is 3.85. The Kier molecular flexibility index (Phi) is 5.32. The molecule has 7 nitrogen and oxygen atoms in total. The van der Waals surface area contributed by atoms with Crippen molar-refractivity contribution in [1.29, 1.82) is 0 Å². The molecule has 0 amide bonds. The average Bonchev–Trinajstić information content (AvgIpc) is 2.36. The van der Waals surface area contributed by atoms with Crippen LogP contribution in [0.2, 0.25) is 0 Å². The minimum absolute atomic E-state index is 0.158. The van der Waals surface area contributed by atoms with E-state index in [1.807, 2.05) is 0 Å². The second kappa shape index (κ2) is 6.75. The maximum Gasteiger partial charge on any atom is 0.335 e. The van der Waals surface area contributed by atoms with Crippen LogP contribution in [0.1, 0.15) is 10.4 Å². The molecule has 1 rings (SSSR count). The number of aliphatic hydroxyl groups is 1. The Morgan fingerprint density at radius 1 is 1.45 bits per heavy atom. The molecule has 0 saturated carbocycles. The number of hydrogen-bond donors (Lipinski definition) is 2. The van der Waals surface area contributed by atoms with E-state index >= 15 is 0 Å². The molecule has 20 heavy (non-hydrogen) atoms. The Morgan fingerprint density at radius 2 is 2.10 bits per heavy atom. The van der Waals surface area contributed by atoms with Crippen molar-refractivity contribution in [3.05, 3.63) is 33.9 Å². The lowest BCUT2D eigenvalue weighted by atomic mass is 10.1. The summed E-state index contributed by atoms with van der Waals surface area (Å²) < 4.78 is 24.9. The van der Waals surface area contributed by atoms with Gasteiger partial charge in [-0.3, -0.25) is 10.1 Å². The summed E-state index contributed by atoms with van der Waals surface area (Å²) in [6, 6.07) is 2.97. The smallest absolute Gasteiger partial charge is 0.335 e. The van der Waals surface area contributed by atoms with E-state index in [2.05, 4.69) is 0 Å². The number of carboxylic acid groups (broad SMARTS) is 1. The highest BCUT2D eigenvalue weighted by Gasteiger charge is 2.23. The van der Waals surface area contributed by atoms with Crippen molar-refractivity contribution >= 4 is 17.3 Å². The van der Waals surface area contributed by atoms with Gasteiger partial charge in [-0.15, -0.1) is 0 Å². The monoisotopic (exact) mass is 290 g/mol. The number of rotatable bonds is 7. The highest BCUT2D eigenvalue weighted by molar-refractivity contribution is 5.89. The summed E-state index contributed by atoms with van der Waals surface area (Å²) in [5, 5.41) is 28.5. The van der Waals surface area contributed by atoms with E-state index in [1.54, 1.807) is 0 Å². The summed E-state index contributed by atoms with van der Waals surface area (Å²) in [5.41, 5.74) is -1.07. The number of nitro groups is 1. The quantitative estimate of drug-likeness (QED) is 0.580. The molecule has 0 bridgehead atoms. The lowest BCUT2D eigenvalue weighted by Crippen LogP contribution is -2.32. The molecule has 0 fully saturated rings. The molecule has 0 atom stereocenters. The lowest BCUT2D eigenvalue weighted by Gasteiger charge is -2.23. The summed E-state index contributed by atoms with van der Waals surface area (Å²) in [7, 11) is 0. The number of anilines is 1. The molecule has 0 saturated heterocycles. The second-order valence-electron chi connectivity index (χ2n) is 3.83. The van der Waals surface area contributed by atoms with Gasteiger partial charge < -0.3 is 15.1 Å². The van der Waals surface area contributed by atoms with E-state index < -0.39 is 36.2 Å². The first kappa shape index (κ1) is 15.8. The van der Waals surface area contributed by atoms with Gasteiger partial charge in [0.1, 0.15) is 5.69 Å². The maximum absolute atomic E-state index is 12.4. The van der Waals surface area contributed by atoms with E-state index in [1.165, 1.54) is 0 Å². The minimum Gasteiger partial charge on any atom is -0.478 e. The first-order valence-corrected chi connectivity index (χ1v) is 5.52. The zero-order valence-electron chi connectivity index (χ0n) is 10.2. The molecule has 0 radical (unpaired) electrons. The SMILES string of the molecule is O=C(O)c1ccc(N(CCO)CC(F)F)c([N+](=O)[O-])c1. The van der Waals surface area contributed by atoms with Crippen LogP contribution in [0.5, 0.6) is 0 Å². The van der Waals surface area contributed by atoms with Crippen LogP contribution in [0.4, 0.5) is 20.2 Å². The van der Waals surface area contributed by atoms with Gasteiger partial charge in [-0.25, -0.2) is 13.6 Å². The van der Waals surface area contributed by atoms with Gasteiger partial charge >= 0.3 is 5.97 Å². The van der Waals surface area contributed by atoms with Crippen LogP contribution in [0.15, 0.2) is 18.2 Å². The molecule has 0 aromatic heterocycles. The van der Waals surface area contributed by atoms with Crippen molar-refractivity contribution < 1.29 is 28.7 Å². The van der Waals surface area contributed by atoms with Crippen LogP contribution in [-0.2, 0) is 0 Å². The zero-order valence-corrected chi connectivity index (χ0v) is 10.2. The Balaban J connectivity index is 3.25. The Bertz CT molecular complexity index is 510. The zero-order chi connectivity index (χ0) is 15.3. The molecule has 9 heteroatoms. The number of halogens is 2. The number of alkyl halides is 2. The van der Waals surface area contributed by atoms with Crippen molar-refractivity contribution in [1.82, 2.24) is 0 Å². The largest absolute Gasteiger partial charge is 0.478 e.